The number of fused-ring (bicyclic) bond motifs is 4. The second-order valence-corrected chi connectivity index (χ2v) is 23.0. The molecule has 5 aromatic rings. The third-order valence-corrected chi connectivity index (χ3v) is 15.8. The summed E-state index contributed by atoms with van der Waals surface area (Å²) in [4.78, 5) is 32.4. The molecule has 1 fully saturated rings. The highest BCUT2D eigenvalue weighted by atomic mass is 35.5. The van der Waals surface area contributed by atoms with Gasteiger partial charge in [-0.15, -0.1) is 0 Å². The summed E-state index contributed by atoms with van der Waals surface area (Å²) in [5, 5.41) is 18.2. The van der Waals surface area contributed by atoms with Crippen LogP contribution in [0.2, 0.25) is 5.02 Å². The summed E-state index contributed by atoms with van der Waals surface area (Å²) in [7, 11) is -8.61. The number of sulfonamides is 1. The lowest BCUT2D eigenvalue weighted by Gasteiger charge is -2.25. The monoisotopic (exact) mass is 1100 g/mol. The number of aryl methyl sites for hydroxylation is 1. The maximum atomic E-state index is 15.6. The van der Waals surface area contributed by atoms with E-state index in [1.54, 1.807) is 0 Å². The van der Waals surface area contributed by atoms with Crippen LogP contribution in [-0.2, 0) is 67.4 Å². The Bertz CT molecular complexity index is 3250. The topological polar surface area (TPSA) is 237 Å². The largest absolute Gasteiger partial charge is 0.447 e. The minimum Gasteiger partial charge on any atom is -0.447 e. The maximum absolute atomic E-state index is 15.6. The van der Waals surface area contributed by atoms with Crippen LogP contribution in [0.25, 0.3) is 22.0 Å². The molecule has 0 spiro atoms. The van der Waals surface area contributed by atoms with E-state index >= 15 is 8.78 Å². The number of nitrogens with zero attached hydrogens (tertiary/aromatic N) is 6. The van der Waals surface area contributed by atoms with Crippen LogP contribution in [0.3, 0.4) is 0 Å². The summed E-state index contributed by atoms with van der Waals surface area (Å²) < 4.78 is 203. The summed E-state index contributed by atoms with van der Waals surface area (Å²) in [6.07, 6.45) is -11.8. The van der Waals surface area contributed by atoms with Crippen molar-refractivity contribution in [2.24, 2.45) is 11.7 Å². The van der Waals surface area contributed by atoms with Crippen molar-refractivity contribution >= 4 is 66.1 Å². The predicted molar refractivity (Wildman–Crippen MR) is 243 cm³/mol. The van der Waals surface area contributed by atoms with Crippen LogP contribution in [0.5, 0.6) is 0 Å². The average Bonchev–Trinajstić information content (AvgIpc) is 3.75. The number of alkyl halides is 8. The molecule has 0 radical (unpaired) electrons. The molecule has 2 aliphatic carbocycles. The van der Waals surface area contributed by atoms with E-state index in [0.717, 1.165) is 30.5 Å². The van der Waals surface area contributed by atoms with E-state index < -0.39 is 155 Å². The molecule has 17 nitrogen and oxygen atoms in total. The maximum Gasteiger partial charge on any atom is 0.435 e. The van der Waals surface area contributed by atoms with Gasteiger partial charge in [-0.3, -0.25) is 24.6 Å². The Balaban J connectivity index is 1.45. The van der Waals surface area contributed by atoms with Crippen LogP contribution < -0.4 is 20.7 Å². The number of nitrogens with two attached hydrogens (primary N) is 1. The summed E-state index contributed by atoms with van der Waals surface area (Å²) in [6, 6.07) is 5.11. The average molecular weight is 1100 g/mol. The van der Waals surface area contributed by atoms with Gasteiger partial charge in [-0.25, -0.2) is 30.4 Å². The van der Waals surface area contributed by atoms with Gasteiger partial charge in [0.05, 0.1) is 45.2 Å². The first-order chi connectivity index (χ1) is 33.6. The third kappa shape index (κ3) is 11.5. The molecule has 1 saturated carbocycles. The zero-order valence-electron chi connectivity index (χ0n) is 38.5. The number of hydrogen-bond acceptors (Lipinski definition) is 11. The number of anilines is 1. The molecule has 396 valence electrons. The van der Waals surface area contributed by atoms with Crippen molar-refractivity contribution in [3.8, 4) is 11.1 Å². The second kappa shape index (κ2) is 19.2. The van der Waals surface area contributed by atoms with E-state index in [1.165, 1.54) is 26.0 Å². The number of carbonyl (C=O) groups is 2. The van der Waals surface area contributed by atoms with Gasteiger partial charge >= 0.3 is 18.4 Å². The van der Waals surface area contributed by atoms with E-state index in [2.05, 4.69) is 25.8 Å². The molecule has 3 heterocycles. The quantitative estimate of drug-likeness (QED) is 0.0312. The van der Waals surface area contributed by atoms with E-state index in [-0.39, 0.29) is 67.6 Å². The van der Waals surface area contributed by atoms with Gasteiger partial charge in [-0.05, 0) is 75.3 Å². The zero-order chi connectivity index (χ0) is 54.1. The van der Waals surface area contributed by atoms with E-state index in [0.29, 0.717) is 12.3 Å². The first-order valence-electron chi connectivity index (χ1n) is 21.6. The number of rotatable bonds is 17. The number of pyridine rings is 1. The Morgan fingerprint density at radius 1 is 0.986 bits per heavy atom. The van der Waals surface area contributed by atoms with Gasteiger partial charge in [0.1, 0.15) is 37.0 Å². The minimum absolute atomic E-state index is 0.0404. The van der Waals surface area contributed by atoms with Crippen LogP contribution >= 0.6 is 11.6 Å². The van der Waals surface area contributed by atoms with Crippen molar-refractivity contribution in [2.75, 3.05) is 30.0 Å². The first kappa shape index (κ1) is 54.5. The molecule has 2 aromatic carbocycles. The number of sulfone groups is 1. The Labute approximate surface area is 413 Å². The van der Waals surface area contributed by atoms with Gasteiger partial charge in [0.15, 0.2) is 27.3 Å². The SMILES string of the molecule is CC(C)(CCc1ccc(-c2ccc(Cl)c3c(N(C(=O)OCCNC(=N)N)S(C)(=O)=O)nn(CC(F)(F)F)c23)c([C@H](Cc2cc(F)cc(F)c2)NC(=O)Cn2nc(C(F)(F)F)c3c2C(F)(F)C2C[C@H]32)n1)S(C)(=O)=O. The second-order valence-electron chi connectivity index (χ2n) is 18.1. The molecule has 2 amide bonds. The molecule has 5 N–H and O–H groups in total. The molecule has 3 aromatic heterocycles. The van der Waals surface area contributed by atoms with Crippen LogP contribution in [0.4, 0.5) is 54.5 Å². The van der Waals surface area contributed by atoms with Crippen molar-refractivity contribution < 1.29 is 75.1 Å². The van der Waals surface area contributed by atoms with E-state index in [1.807, 2.05) is 0 Å². The van der Waals surface area contributed by atoms with Gasteiger partial charge in [0.25, 0.3) is 5.92 Å². The fourth-order valence-electron chi connectivity index (χ4n) is 8.58. The fraction of sp³-hybridized carbons (Fsp3) is 0.442. The van der Waals surface area contributed by atoms with Crippen molar-refractivity contribution in [3.05, 3.63) is 93.0 Å². The minimum atomic E-state index is -5.22. The number of carbonyl (C=O) groups excluding carboxylic acids is 2. The Morgan fingerprint density at radius 3 is 2.22 bits per heavy atom. The van der Waals surface area contributed by atoms with Gasteiger partial charge in [0.2, 0.25) is 15.9 Å². The predicted octanol–water partition coefficient (Wildman–Crippen LogP) is 7.26. The van der Waals surface area contributed by atoms with E-state index in [4.69, 9.17) is 27.5 Å². The lowest BCUT2D eigenvalue weighted by atomic mass is 9.93. The summed E-state index contributed by atoms with van der Waals surface area (Å²) in [5.74, 6) is -11.7. The highest BCUT2D eigenvalue weighted by molar-refractivity contribution is 7.92. The van der Waals surface area contributed by atoms with Gasteiger partial charge in [-0.2, -0.15) is 49.6 Å². The number of nitrogens with one attached hydrogen (secondary N) is 3. The van der Waals surface area contributed by atoms with E-state index in [9.17, 15) is 61.5 Å². The highest BCUT2D eigenvalue weighted by Gasteiger charge is 2.68. The summed E-state index contributed by atoms with van der Waals surface area (Å²) >= 11 is 6.62. The number of amides is 2. The number of hydrogen-bond donors (Lipinski definition) is 4. The number of halogens is 11. The molecular formula is C43H43ClF10N10O7S2. The molecule has 0 saturated heterocycles. The lowest BCUT2D eigenvalue weighted by Crippen LogP contribution is -2.39. The third-order valence-electron chi connectivity index (χ3n) is 12.3. The normalized spacial score (nSPS) is 17.0. The molecule has 1 unspecified atom stereocenters. The molecular weight excluding hydrogens is 1060 g/mol. The van der Waals surface area contributed by atoms with Crippen molar-refractivity contribution in [1.82, 2.24) is 35.2 Å². The molecule has 3 atom stereocenters. The summed E-state index contributed by atoms with van der Waals surface area (Å²) in [5.41, 5.74) is -0.139. The lowest BCUT2D eigenvalue weighted by molar-refractivity contribution is -0.143. The smallest absolute Gasteiger partial charge is 0.435 e. The van der Waals surface area contributed by atoms with Gasteiger partial charge < -0.3 is 21.1 Å². The highest BCUT2D eigenvalue weighted by Crippen LogP contribution is 2.68. The number of benzene rings is 2. The van der Waals surface area contributed by atoms with Crippen LogP contribution in [0.15, 0.2) is 42.5 Å². The molecule has 73 heavy (non-hydrogen) atoms. The van der Waals surface area contributed by atoms with Crippen LogP contribution in [0, 0.1) is 23.0 Å². The number of aromatic nitrogens is 5. The number of guanidine groups is 1. The Morgan fingerprint density at radius 2 is 1.63 bits per heavy atom. The molecule has 2 aliphatic rings. The first-order valence-corrected chi connectivity index (χ1v) is 25.7. The Kier molecular flexibility index (Phi) is 14.4. The van der Waals surface area contributed by atoms with Crippen molar-refractivity contribution in [2.45, 2.75) is 87.6 Å². The summed E-state index contributed by atoms with van der Waals surface area (Å²) in [6.45, 7) is -1.43. The van der Waals surface area contributed by atoms with Gasteiger partial charge in [0, 0.05) is 40.6 Å². The molecule has 30 heteroatoms. The molecule has 7 rings (SSSR count). The zero-order valence-corrected chi connectivity index (χ0v) is 40.9. The molecule has 0 bridgehead atoms. The van der Waals surface area contributed by atoms with Crippen molar-refractivity contribution in [1.29, 1.82) is 5.41 Å². The number of ether oxygens (including phenoxy) is 1. The van der Waals surface area contributed by atoms with Crippen LogP contribution in [0.1, 0.15) is 72.6 Å². The van der Waals surface area contributed by atoms with Crippen molar-refractivity contribution in [3.63, 3.8) is 0 Å². The molecule has 0 aliphatic heterocycles. The van der Waals surface area contributed by atoms with Gasteiger partial charge in [-0.1, -0.05) is 23.7 Å². The fourth-order valence-corrected chi connectivity index (χ4v) is 10.1. The Hall–Kier alpha value is -6.23. The van der Waals surface area contributed by atoms with Crippen LogP contribution in [-0.4, -0.2) is 95.9 Å². The standard InChI is InChI=1S/C43H43ClF10N10O7S2/c1-40(2,72(3,67)68)10-9-23-5-6-24(25-7-8-28(44)32-34(25)63(19-41(47,48)49)61-37(32)64(73(4,69)70)39(66)71-12-11-57-38(55)56)33(58-23)29(15-20-13-21(45)16-22(46)14-20)59-30(65)18-62-36-31(35(60-62)43(52,53)54)26-17-27(26)42(36,50)51/h5-8,13-14,16,26-27,29H,9-12,15,17-19H2,1-4H3,(H,59,65)(H4,55,56,57)/t26-,27?,29-/m0/s1.